The van der Waals surface area contributed by atoms with Crippen molar-refractivity contribution in [1.29, 1.82) is 0 Å². The van der Waals surface area contributed by atoms with Gasteiger partial charge in [0.05, 0.1) is 11.6 Å². The van der Waals surface area contributed by atoms with Crippen molar-refractivity contribution in [1.82, 2.24) is 20.0 Å². The molecular formula is C16H17FN4O2S. The van der Waals surface area contributed by atoms with Gasteiger partial charge in [-0.3, -0.25) is 4.90 Å². The summed E-state index contributed by atoms with van der Waals surface area (Å²) in [5.41, 5.74) is 0. The van der Waals surface area contributed by atoms with Gasteiger partial charge in [-0.2, -0.15) is 4.98 Å². The van der Waals surface area contributed by atoms with E-state index in [0.29, 0.717) is 24.0 Å². The highest BCUT2D eigenvalue weighted by Gasteiger charge is 2.11. The summed E-state index contributed by atoms with van der Waals surface area (Å²) in [5, 5.41) is 4.94. The van der Waals surface area contributed by atoms with Crippen molar-refractivity contribution in [2.45, 2.75) is 26.6 Å². The minimum atomic E-state index is -0.302. The van der Waals surface area contributed by atoms with Crippen LogP contribution in [0.1, 0.15) is 21.6 Å². The highest BCUT2D eigenvalue weighted by atomic mass is 32.1. The highest BCUT2D eigenvalue weighted by Crippen LogP contribution is 2.15. The SMILES string of the molecule is Cc1ncc(CN(C)Cc2nc(COc3ccc(F)cc3)no2)s1. The zero-order valence-corrected chi connectivity index (χ0v) is 14.2. The molecule has 6 nitrogen and oxygen atoms in total. The van der Waals surface area contributed by atoms with Gasteiger partial charge in [-0.15, -0.1) is 11.3 Å². The smallest absolute Gasteiger partial charge is 0.240 e. The van der Waals surface area contributed by atoms with E-state index in [-0.39, 0.29) is 12.4 Å². The summed E-state index contributed by atoms with van der Waals surface area (Å²) in [4.78, 5) is 11.8. The Morgan fingerprint density at radius 3 is 2.75 bits per heavy atom. The number of nitrogens with zero attached hydrogens (tertiary/aromatic N) is 4. The molecule has 2 heterocycles. The van der Waals surface area contributed by atoms with Crippen LogP contribution < -0.4 is 4.74 Å². The van der Waals surface area contributed by atoms with Crippen LogP contribution in [-0.4, -0.2) is 27.1 Å². The van der Waals surface area contributed by atoms with Crippen molar-refractivity contribution in [3.05, 3.63) is 57.9 Å². The van der Waals surface area contributed by atoms with Gasteiger partial charge in [0.15, 0.2) is 6.61 Å². The second kappa shape index (κ2) is 7.50. The Labute approximate surface area is 142 Å². The van der Waals surface area contributed by atoms with Gasteiger partial charge in [0.1, 0.15) is 11.6 Å². The van der Waals surface area contributed by atoms with E-state index in [1.807, 2.05) is 20.2 Å². The van der Waals surface area contributed by atoms with Crippen LogP contribution >= 0.6 is 11.3 Å². The lowest BCUT2D eigenvalue weighted by Crippen LogP contribution is -2.16. The summed E-state index contributed by atoms with van der Waals surface area (Å²) in [6.45, 7) is 3.47. The van der Waals surface area contributed by atoms with Gasteiger partial charge in [0.2, 0.25) is 11.7 Å². The Hall–Kier alpha value is -2.32. The Morgan fingerprint density at radius 2 is 2.04 bits per heavy atom. The molecule has 24 heavy (non-hydrogen) atoms. The van der Waals surface area contributed by atoms with E-state index < -0.39 is 0 Å². The largest absolute Gasteiger partial charge is 0.485 e. The first kappa shape index (κ1) is 16.5. The van der Waals surface area contributed by atoms with Gasteiger partial charge in [-0.1, -0.05) is 5.16 Å². The second-order valence-electron chi connectivity index (χ2n) is 5.36. The van der Waals surface area contributed by atoms with Crippen molar-refractivity contribution in [3.63, 3.8) is 0 Å². The summed E-state index contributed by atoms with van der Waals surface area (Å²) in [6, 6.07) is 5.79. The fourth-order valence-electron chi connectivity index (χ4n) is 2.12. The number of ether oxygens (including phenoxy) is 1. The van der Waals surface area contributed by atoms with Crippen LogP contribution in [0, 0.1) is 12.7 Å². The first-order valence-corrected chi connectivity index (χ1v) is 8.20. The lowest BCUT2D eigenvalue weighted by atomic mass is 10.3. The Kier molecular flexibility index (Phi) is 5.17. The Morgan fingerprint density at radius 1 is 1.25 bits per heavy atom. The number of hydrogen-bond acceptors (Lipinski definition) is 7. The Balaban J connectivity index is 1.50. The minimum Gasteiger partial charge on any atom is -0.485 e. The molecule has 3 rings (SSSR count). The molecule has 0 aliphatic rings. The zero-order valence-electron chi connectivity index (χ0n) is 13.4. The van der Waals surface area contributed by atoms with Crippen molar-refractivity contribution >= 4 is 11.3 Å². The highest BCUT2D eigenvalue weighted by molar-refractivity contribution is 7.11. The van der Waals surface area contributed by atoms with E-state index in [4.69, 9.17) is 9.26 Å². The molecule has 0 N–H and O–H groups in total. The van der Waals surface area contributed by atoms with E-state index in [1.165, 1.54) is 17.0 Å². The lowest BCUT2D eigenvalue weighted by molar-refractivity contribution is 0.257. The first-order valence-electron chi connectivity index (χ1n) is 7.38. The molecule has 0 amide bonds. The van der Waals surface area contributed by atoms with E-state index in [2.05, 4.69) is 20.0 Å². The molecule has 3 aromatic rings. The van der Waals surface area contributed by atoms with E-state index in [9.17, 15) is 4.39 Å². The topological polar surface area (TPSA) is 64.3 Å². The van der Waals surface area contributed by atoms with Crippen LogP contribution in [-0.2, 0) is 19.7 Å². The van der Waals surface area contributed by atoms with Gasteiger partial charge in [-0.25, -0.2) is 9.37 Å². The Bertz CT molecular complexity index is 787. The van der Waals surface area contributed by atoms with E-state index >= 15 is 0 Å². The van der Waals surface area contributed by atoms with Crippen molar-refractivity contribution in [2.24, 2.45) is 0 Å². The van der Waals surface area contributed by atoms with Crippen LogP contribution in [0.3, 0.4) is 0 Å². The maximum Gasteiger partial charge on any atom is 0.240 e. The molecular weight excluding hydrogens is 331 g/mol. The van der Waals surface area contributed by atoms with E-state index in [0.717, 1.165) is 11.6 Å². The molecule has 0 aliphatic heterocycles. The maximum atomic E-state index is 12.8. The molecule has 2 aromatic heterocycles. The normalized spacial score (nSPS) is 11.2. The number of halogens is 1. The number of benzene rings is 1. The van der Waals surface area contributed by atoms with Crippen LogP contribution in [0.4, 0.5) is 4.39 Å². The molecule has 0 fully saturated rings. The van der Waals surface area contributed by atoms with Crippen molar-refractivity contribution < 1.29 is 13.7 Å². The molecule has 0 aliphatic carbocycles. The maximum absolute atomic E-state index is 12.8. The van der Waals surface area contributed by atoms with Gasteiger partial charge >= 0.3 is 0 Å². The van der Waals surface area contributed by atoms with Crippen LogP contribution in [0.2, 0.25) is 0 Å². The zero-order chi connectivity index (χ0) is 16.9. The third-order valence-electron chi connectivity index (χ3n) is 3.19. The summed E-state index contributed by atoms with van der Waals surface area (Å²) < 4.78 is 23.6. The fraction of sp³-hybridized carbons (Fsp3) is 0.312. The molecule has 126 valence electrons. The minimum absolute atomic E-state index is 0.173. The average molecular weight is 348 g/mol. The monoisotopic (exact) mass is 348 g/mol. The number of thiazole rings is 1. The van der Waals surface area contributed by atoms with Gasteiger partial charge in [-0.05, 0) is 38.2 Å². The molecule has 8 heteroatoms. The van der Waals surface area contributed by atoms with E-state index in [1.54, 1.807) is 23.5 Å². The number of rotatable bonds is 7. The van der Waals surface area contributed by atoms with Crippen LogP contribution in [0.25, 0.3) is 0 Å². The van der Waals surface area contributed by atoms with Gasteiger partial charge in [0.25, 0.3) is 0 Å². The van der Waals surface area contributed by atoms with Gasteiger partial charge in [0, 0.05) is 17.6 Å². The first-order chi connectivity index (χ1) is 11.6. The van der Waals surface area contributed by atoms with Crippen LogP contribution in [0.15, 0.2) is 35.0 Å². The number of aryl methyl sites for hydroxylation is 1. The number of hydrogen-bond donors (Lipinski definition) is 0. The third kappa shape index (κ3) is 4.59. The summed E-state index contributed by atoms with van der Waals surface area (Å²) in [7, 11) is 1.98. The number of aromatic nitrogens is 3. The standard InChI is InChI=1S/C16H17FN4O2S/c1-11-18-7-14(24-11)8-21(2)9-16-19-15(20-23-16)10-22-13-5-3-12(17)4-6-13/h3-7H,8-10H2,1-2H3. The summed E-state index contributed by atoms with van der Waals surface area (Å²) in [5.74, 6) is 1.23. The van der Waals surface area contributed by atoms with Crippen molar-refractivity contribution in [3.8, 4) is 5.75 Å². The molecule has 0 saturated heterocycles. The predicted octanol–water partition coefficient (Wildman–Crippen LogP) is 3.18. The summed E-state index contributed by atoms with van der Waals surface area (Å²) in [6.07, 6.45) is 1.88. The fourth-order valence-corrected chi connectivity index (χ4v) is 3.00. The predicted molar refractivity (Wildman–Crippen MR) is 87.1 cm³/mol. The van der Waals surface area contributed by atoms with Crippen molar-refractivity contribution in [2.75, 3.05) is 7.05 Å². The molecule has 0 radical (unpaired) electrons. The molecule has 0 unspecified atom stereocenters. The van der Waals surface area contributed by atoms with Gasteiger partial charge < -0.3 is 9.26 Å². The lowest BCUT2D eigenvalue weighted by Gasteiger charge is -2.11. The molecule has 0 spiro atoms. The molecule has 1 aromatic carbocycles. The second-order valence-corrected chi connectivity index (χ2v) is 6.68. The average Bonchev–Trinajstić information content (AvgIpc) is 3.16. The summed E-state index contributed by atoms with van der Waals surface area (Å²) >= 11 is 1.67. The molecule has 0 saturated carbocycles. The molecule has 0 bridgehead atoms. The third-order valence-corrected chi connectivity index (χ3v) is 4.09. The van der Waals surface area contributed by atoms with Crippen LogP contribution in [0.5, 0.6) is 5.75 Å². The molecule has 0 atom stereocenters. The quantitative estimate of drug-likeness (QED) is 0.653.